The number of aromatic nitrogens is 4. The van der Waals surface area contributed by atoms with Crippen molar-refractivity contribution in [3.63, 3.8) is 0 Å². The van der Waals surface area contributed by atoms with Gasteiger partial charge in [0.2, 0.25) is 0 Å². The number of H-pyrrole nitrogens is 2. The summed E-state index contributed by atoms with van der Waals surface area (Å²) < 4.78 is 6.02. The van der Waals surface area contributed by atoms with Crippen LogP contribution in [0.25, 0.3) is 10.2 Å². The van der Waals surface area contributed by atoms with Gasteiger partial charge in [0.1, 0.15) is 16.2 Å². The molecule has 0 fully saturated rings. The third-order valence-electron chi connectivity index (χ3n) is 5.47. The quantitative estimate of drug-likeness (QED) is 0.220. The molecule has 1 unspecified atom stereocenters. The van der Waals surface area contributed by atoms with Crippen LogP contribution in [0, 0.1) is 12.8 Å². The molecule has 0 radical (unpaired) electrons. The zero-order valence-electron chi connectivity index (χ0n) is 18.9. The number of nitrogens with two attached hydrogens (primary N) is 1. The molecule has 3 rings (SSSR count). The van der Waals surface area contributed by atoms with Gasteiger partial charge in [0.05, 0.1) is 24.3 Å². The molecule has 0 saturated heterocycles. The summed E-state index contributed by atoms with van der Waals surface area (Å²) in [5.41, 5.74) is 4.86. The van der Waals surface area contributed by atoms with Crippen LogP contribution in [0.1, 0.15) is 41.1 Å². The van der Waals surface area contributed by atoms with E-state index in [0.29, 0.717) is 16.1 Å². The van der Waals surface area contributed by atoms with E-state index in [4.69, 9.17) is 10.5 Å². The number of ketones is 1. The maximum atomic E-state index is 12.8. The van der Waals surface area contributed by atoms with Crippen molar-refractivity contribution in [1.82, 2.24) is 19.5 Å². The Bertz CT molecular complexity index is 1350. The predicted molar refractivity (Wildman–Crippen MR) is 131 cm³/mol. The summed E-state index contributed by atoms with van der Waals surface area (Å²) in [6.45, 7) is 6.51. The van der Waals surface area contributed by atoms with Crippen molar-refractivity contribution in [1.29, 1.82) is 0 Å². The fourth-order valence-corrected chi connectivity index (χ4v) is 5.27. The third kappa shape index (κ3) is 5.28. The average molecular weight is 494 g/mol. The van der Waals surface area contributed by atoms with E-state index >= 15 is 0 Å². The number of fused-ring (bicyclic) bond motifs is 1. The maximum absolute atomic E-state index is 12.8. The number of hydrogen-bond acceptors (Lipinski definition) is 9. The van der Waals surface area contributed by atoms with E-state index in [0.717, 1.165) is 39.6 Å². The summed E-state index contributed by atoms with van der Waals surface area (Å²) in [4.78, 5) is 60.9. The van der Waals surface area contributed by atoms with Crippen LogP contribution in [-0.4, -0.2) is 44.8 Å². The molecule has 0 amide bonds. The average Bonchev–Trinajstić information content (AvgIpc) is 3.07. The van der Waals surface area contributed by atoms with E-state index < -0.39 is 17.0 Å². The standard InChI is InChI=1S/C21H27N5O5S2/c1-5-10(2)8-12-11(3)33-19-14(12)17(28)23-20(25-19)32-9-13(27)15-16(22)26(6-7-31-4)21(30)24-18(15)29/h10H,5-9,22H2,1-4H3,(H,23,25,28)(H,24,29,30). The number of nitrogens with zero attached hydrogens (tertiary/aromatic N) is 2. The molecule has 0 aliphatic rings. The SMILES string of the molecule is CCC(C)Cc1c(C)sc2nc(SCC(=O)c3c(N)n(CCOC)c(=O)[nH]c3=O)[nH]c(=O)c12. The second kappa shape index (κ2) is 10.5. The highest BCUT2D eigenvalue weighted by Gasteiger charge is 2.21. The van der Waals surface area contributed by atoms with Gasteiger partial charge in [-0.1, -0.05) is 32.0 Å². The monoisotopic (exact) mass is 493 g/mol. The number of aromatic amines is 2. The molecule has 3 aromatic heterocycles. The van der Waals surface area contributed by atoms with E-state index in [9.17, 15) is 19.2 Å². The molecule has 0 aliphatic heterocycles. The number of rotatable bonds is 10. The van der Waals surface area contributed by atoms with Gasteiger partial charge in [-0.05, 0) is 24.8 Å². The number of aryl methyl sites for hydroxylation is 1. The number of carbonyl (C=O) groups is 1. The Labute approximate surface area is 197 Å². The van der Waals surface area contributed by atoms with E-state index in [1.165, 1.54) is 18.4 Å². The summed E-state index contributed by atoms with van der Waals surface area (Å²) in [7, 11) is 1.46. The Kier molecular flexibility index (Phi) is 7.92. The zero-order valence-corrected chi connectivity index (χ0v) is 20.6. The lowest BCUT2D eigenvalue weighted by Gasteiger charge is -2.11. The highest BCUT2D eigenvalue weighted by molar-refractivity contribution is 7.99. The predicted octanol–water partition coefficient (Wildman–Crippen LogP) is 1.94. The summed E-state index contributed by atoms with van der Waals surface area (Å²) in [6, 6.07) is 0. The summed E-state index contributed by atoms with van der Waals surface area (Å²) in [5, 5.41) is 0.874. The number of carbonyl (C=O) groups excluding carboxylic acids is 1. The first kappa shape index (κ1) is 24.9. The Hall–Kier alpha value is -2.70. The van der Waals surface area contributed by atoms with Crippen molar-refractivity contribution < 1.29 is 9.53 Å². The van der Waals surface area contributed by atoms with Gasteiger partial charge in [-0.15, -0.1) is 11.3 Å². The molecule has 0 spiro atoms. The fourth-order valence-electron chi connectivity index (χ4n) is 3.43. The number of Topliss-reactive ketones (excluding diaryl/α,β-unsaturated/α-hetero) is 1. The lowest BCUT2D eigenvalue weighted by molar-refractivity contribution is 0.102. The number of methoxy groups -OCH3 is 1. The minimum absolute atomic E-state index is 0.0909. The molecule has 12 heteroatoms. The fraction of sp³-hybridized carbons (Fsp3) is 0.476. The molecule has 0 saturated carbocycles. The zero-order chi connectivity index (χ0) is 24.3. The smallest absolute Gasteiger partial charge is 0.330 e. The van der Waals surface area contributed by atoms with E-state index in [1.54, 1.807) is 0 Å². The first-order valence-corrected chi connectivity index (χ1v) is 12.3. The van der Waals surface area contributed by atoms with Gasteiger partial charge in [-0.25, -0.2) is 9.78 Å². The van der Waals surface area contributed by atoms with Crippen LogP contribution >= 0.6 is 23.1 Å². The van der Waals surface area contributed by atoms with Gasteiger partial charge < -0.3 is 15.5 Å². The molecule has 0 aromatic carbocycles. The van der Waals surface area contributed by atoms with Gasteiger partial charge in [-0.2, -0.15) is 0 Å². The molecular weight excluding hydrogens is 466 g/mol. The van der Waals surface area contributed by atoms with E-state index in [2.05, 4.69) is 28.8 Å². The van der Waals surface area contributed by atoms with Crippen LogP contribution in [0.5, 0.6) is 0 Å². The van der Waals surface area contributed by atoms with Gasteiger partial charge in [-0.3, -0.25) is 23.9 Å². The summed E-state index contributed by atoms with van der Waals surface area (Å²) >= 11 is 2.45. The van der Waals surface area contributed by atoms with Gasteiger partial charge in [0, 0.05) is 12.0 Å². The van der Waals surface area contributed by atoms with Gasteiger partial charge in [0.25, 0.3) is 11.1 Å². The molecule has 0 aliphatic carbocycles. The van der Waals surface area contributed by atoms with Crippen molar-refractivity contribution in [3.05, 3.63) is 47.2 Å². The number of thioether (sulfide) groups is 1. The number of thiophene rings is 1. The molecular formula is C21H27N5O5S2. The molecule has 4 N–H and O–H groups in total. The van der Waals surface area contributed by atoms with Crippen molar-refractivity contribution >= 4 is 44.9 Å². The molecule has 1 atom stereocenters. The highest BCUT2D eigenvalue weighted by Crippen LogP contribution is 2.30. The van der Waals surface area contributed by atoms with E-state index in [1.807, 2.05) is 6.92 Å². The molecule has 3 aromatic rings. The first-order chi connectivity index (χ1) is 15.7. The minimum Gasteiger partial charge on any atom is -0.384 e. The molecule has 3 heterocycles. The number of nitrogen functional groups attached to an aromatic ring is 1. The molecule has 10 nitrogen and oxygen atoms in total. The summed E-state index contributed by atoms with van der Waals surface area (Å²) in [5.74, 6) is -0.531. The topological polar surface area (TPSA) is 153 Å². The number of nitrogens with one attached hydrogen (secondary N) is 2. The molecule has 33 heavy (non-hydrogen) atoms. The second-order valence-corrected chi connectivity index (χ2v) is 9.95. The number of anilines is 1. The highest BCUT2D eigenvalue weighted by atomic mass is 32.2. The Morgan fingerprint density at radius 2 is 2.00 bits per heavy atom. The van der Waals surface area contributed by atoms with Crippen LogP contribution in [0.3, 0.4) is 0 Å². The Balaban J connectivity index is 1.86. The van der Waals surface area contributed by atoms with Gasteiger partial charge >= 0.3 is 5.69 Å². The van der Waals surface area contributed by atoms with Crippen molar-refractivity contribution in [2.75, 3.05) is 25.2 Å². The minimum atomic E-state index is -0.850. The first-order valence-electron chi connectivity index (χ1n) is 10.5. The number of hydrogen-bond donors (Lipinski definition) is 3. The van der Waals surface area contributed by atoms with Gasteiger partial charge in [0.15, 0.2) is 10.9 Å². The lowest BCUT2D eigenvalue weighted by Crippen LogP contribution is -2.37. The van der Waals surface area contributed by atoms with Crippen molar-refractivity contribution in [2.24, 2.45) is 5.92 Å². The van der Waals surface area contributed by atoms with Crippen molar-refractivity contribution in [2.45, 2.75) is 45.3 Å². The van der Waals surface area contributed by atoms with Crippen LogP contribution in [0.15, 0.2) is 19.5 Å². The Morgan fingerprint density at radius 3 is 2.67 bits per heavy atom. The number of ether oxygens (including phenoxy) is 1. The van der Waals surface area contributed by atoms with Crippen LogP contribution in [0.2, 0.25) is 0 Å². The second-order valence-electron chi connectivity index (χ2n) is 7.78. The lowest BCUT2D eigenvalue weighted by atomic mass is 9.98. The van der Waals surface area contributed by atoms with Crippen LogP contribution in [0.4, 0.5) is 5.82 Å². The van der Waals surface area contributed by atoms with Crippen molar-refractivity contribution in [3.8, 4) is 0 Å². The summed E-state index contributed by atoms with van der Waals surface area (Å²) in [6.07, 6.45) is 1.82. The maximum Gasteiger partial charge on any atom is 0.330 e. The molecule has 178 valence electrons. The third-order valence-corrected chi connectivity index (χ3v) is 7.38. The molecule has 0 bridgehead atoms. The van der Waals surface area contributed by atoms with E-state index in [-0.39, 0.29) is 41.0 Å². The Morgan fingerprint density at radius 1 is 1.27 bits per heavy atom. The van der Waals surface area contributed by atoms with Crippen LogP contribution < -0.4 is 22.5 Å². The van der Waals surface area contributed by atoms with Crippen LogP contribution in [-0.2, 0) is 17.7 Å². The normalized spacial score (nSPS) is 12.4. The largest absolute Gasteiger partial charge is 0.384 e.